The molecule has 1 heterocycles. The number of ether oxygens (including phenoxy) is 1. The fraction of sp³-hybridized carbons (Fsp3) is 0.933. The number of nitrogens with two attached hydrogens (primary N) is 1. The number of aliphatic hydroxyl groups excluding tert-OH is 1. The highest BCUT2D eigenvalue weighted by molar-refractivity contribution is 5.78. The summed E-state index contributed by atoms with van der Waals surface area (Å²) < 4.78 is 5.28. The smallest absolute Gasteiger partial charge is 0.312 e. The van der Waals surface area contributed by atoms with Gasteiger partial charge in [-0.1, -0.05) is 32.1 Å². The minimum absolute atomic E-state index is 0.221. The lowest BCUT2D eigenvalue weighted by atomic mass is 9.82. The molecule has 3 atom stereocenters. The number of carbonyl (C=O) groups excluding carboxylic acids is 1. The molecule has 19 heavy (non-hydrogen) atoms. The van der Waals surface area contributed by atoms with E-state index in [0.29, 0.717) is 12.3 Å². The lowest BCUT2D eigenvalue weighted by molar-refractivity contribution is -0.151. The zero-order valence-corrected chi connectivity index (χ0v) is 12.1. The second-order valence-corrected chi connectivity index (χ2v) is 6.93. The van der Waals surface area contributed by atoms with Crippen LogP contribution in [-0.2, 0) is 9.53 Å². The van der Waals surface area contributed by atoms with Gasteiger partial charge in [-0.15, -0.1) is 0 Å². The van der Waals surface area contributed by atoms with Crippen LogP contribution in [0.25, 0.3) is 0 Å². The van der Waals surface area contributed by atoms with Crippen LogP contribution in [0.15, 0.2) is 0 Å². The Hall–Kier alpha value is -0.610. The van der Waals surface area contributed by atoms with Crippen molar-refractivity contribution in [2.24, 2.45) is 17.1 Å². The third kappa shape index (κ3) is 3.48. The normalized spacial score (nSPS) is 30.9. The van der Waals surface area contributed by atoms with Crippen molar-refractivity contribution in [1.82, 2.24) is 0 Å². The molecule has 0 amide bonds. The van der Waals surface area contributed by atoms with Crippen LogP contribution in [0.4, 0.5) is 0 Å². The number of rotatable bonds is 4. The van der Waals surface area contributed by atoms with Crippen LogP contribution in [0.2, 0.25) is 0 Å². The van der Waals surface area contributed by atoms with E-state index in [1.54, 1.807) is 0 Å². The Morgan fingerprint density at radius 3 is 2.53 bits per heavy atom. The quantitative estimate of drug-likeness (QED) is 0.766. The van der Waals surface area contributed by atoms with E-state index in [9.17, 15) is 9.90 Å². The van der Waals surface area contributed by atoms with E-state index in [1.807, 2.05) is 13.8 Å². The maximum atomic E-state index is 11.6. The summed E-state index contributed by atoms with van der Waals surface area (Å²) >= 11 is 0. The zero-order chi connectivity index (χ0) is 14.0. The second-order valence-electron chi connectivity index (χ2n) is 6.93. The summed E-state index contributed by atoms with van der Waals surface area (Å²) in [6.45, 7) is 3.71. The lowest BCUT2D eigenvalue weighted by Crippen LogP contribution is -2.44. The zero-order valence-electron chi connectivity index (χ0n) is 12.1. The molecule has 2 aliphatic rings. The van der Waals surface area contributed by atoms with E-state index in [4.69, 9.17) is 10.5 Å². The Morgan fingerprint density at radius 2 is 2.00 bits per heavy atom. The van der Waals surface area contributed by atoms with Gasteiger partial charge in [-0.05, 0) is 26.2 Å². The SMILES string of the molecule is CC1(C)CC(C(O)C(N)CC2CCCCC2)OC1=O. The van der Waals surface area contributed by atoms with Crippen molar-refractivity contribution in [2.75, 3.05) is 0 Å². The molecule has 110 valence electrons. The first-order valence-corrected chi connectivity index (χ1v) is 7.55. The van der Waals surface area contributed by atoms with Crippen LogP contribution < -0.4 is 5.73 Å². The summed E-state index contributed by atoms with van der Waals surface area (Å²) in [5, 5.41) is 10.3. The highest BCUT2D eigenvalue weighted by atomic mass is 16.6. The van der Waals surface area contributed by atoms with E-state index in [1.165, 1.54) is 32.1 Å². The fourth-order valence-electron chi connectivity index (χ4n) is 3.34. The first-order valence-electron chi connectivity index (χ1n) is 7.55. The van der Waals surface area contributed by atoms with Gasteiger partial charge in [0.1, 0.15) is 12.2 Å². The standard InChI is InChI=1S/C15H27NO3/c1-15(2)9-12(19-14(15)18)13(17)11(16)8-10-6-4-3-5-7-10/h10-13,17H,3-9,16H2,1-2H3. The molecule has 0 aromatic carbocycles. The molecular weight excluding hydrogens is 242 g/mol. The maximum Gasteiger partial charge on any atom is 0.312 e. The maximum absolute atomic E-state index is 11.6. The van der Waals surface area contributed by atoms with Crippen LogP contribution in [0.3, 0.4) is 0 Å². The summed E-state index contributed by atoms with van der Waals surface area (Å²) in [5.41, 5.74) is 5.63. The molecule has 0 aromatic heterocycles. The monoisotopic (exact) mass is 269 g/mol. The van der Waals surface area contributed by atoms with E-state index in [2.05, 4.69) is 0 Å². The Labute approximate surface area is 115 Å². The number of aliphatic hydroxyl groups is 1. The molecule has 2 fully saturated rings. The van der Waals surface area contributed by atoms with Gasteiger partial charge in [-0.2, -0.15) is 0 Å². The van der Waals surface area contributed by atoms with Crippen molar-refractivity contribution in [3.05, 3.63) is 0 Å². The van der Waals surface area contributed by atoms with Gasteiger partial charge in [0.2, 0.25) is 0 Å². The van der Waals surface area contributed by atoms with Gasteiger partial charge in [-0.25, -0.2) is 0 Å². The van der Waals surface area contributed by atoms with Crippen molar-refractivity contribution in [1.29, 1.82) is 0 Å². The molecule has 1 aliphatic carbocycles. The third-order valence-corrected chi connectivity index (χ3v) is 4.67. The number of hydrogen-bond donors (Lipinski definition) is 2. The largest absolute Gasteiger partial charge is 0.459 e. The molecule has 1 aliphatic heterocycles. The van der Waals surface area contributed by atoms with Gasteiger partial charge >= 0.3 is 5.97 Å². The summed E-state index contributed by atoms with van der Waals surface area (Å²) in [6, 6.07) is -0.283. The molecule has 1 saturated carbocycles. The predicted molar refractivity (Wildman–Crippen MR) is 73.5 cm³/mol. The predicted octanol–water partition coefficient (Wildman–Crippen LogP) is 1.99. The fourth-order valence-corrected chi connectivity index (χ4v) is 3.34. The molecule has 3 unspecified atom stereocenters. The van der Waals surface area contributed by atoms with E-state index in [0.717, 1.165) is 6.42 Å². The topological polar surface area (TPSA) is 72.6 Å². The first kappa shape index (κ1) is 14.8. The van der Waals surface area contributed by atoms with Crippen molar-refractivity contribution < 1.29 is 14.6 Å². The summed E-state index contributed by atoms with van der Waals surface area (Å²) in [6.07, 6.45) is 6.56. The molecule has 4 heteroatoms. The Balaban J connectivity index is 1.85. The molecular formula is C15H27NO3. The van der Waals surface area contributed by atoms with Crippen LogP contribution in [-0.4, -0.2) is 29.3 Å². The Kier molecular flexibility index (Phi) is 4.51. The van der Waals surface area contributed by atoms with E-state index < -0.39 is 17.6 Å². The number of hydrogen-bond acceptors (Lipinski definition) is 4. The van der Waals surface area contributed by atoms with E-state index in [-0.39, 0.29) is 12.0 Å². The Morgan fingerprint density at radius 1 is 1.37 bits per heavy atom. The number of cyclic esters (lactones) is 1. The number of esters is 1. The van der Waals surface area contributed by atoms with Gasteiger partial charge in [0.15, 0.2) is 0 Å². The van der Waals surface area contributed by atoms with Gasteiger partial charge in [0, 0.05) is 12.5 Å². The van der Waals surface area contributed by atoms with Crippen molar-refractivity contribution >= 4 is 5.97 Å². The summed E-state index contributed by atoms with van der Waals surface area (Å²) in [4.78, 5) is 11.6. The van der Waals surface area contributed by atoms with Crippen molar-refractivity contribution in [3.63, 3.8) is 0 Å². The molecule has 4 nitrogen and oxygen atoms in total. The highest BCUT2D eigenvalue weighted by Crippen LogP contribution is 2.36. The average Bonchev–Trinajstić information content (AvgIpc) is 2.64. The van der Waals surface area contributed by atoms with Crippen LogP contribution in [0.5, 0.6) is 0 Å². The molecule has 2 rings (SSSR count). The lowest BCUT2D eigenvalue weighted by Gasteiger charge is -2.29. The van der Waals surface area contributed by atoms with E-state index >= 15 is 0 Å². The van der Waals surface area contributed by atoms with Crippen LogP contribution in [0, 0.1) is 11.3 Å². The summed E-state index contributed by atoms with van der Waals surface area (Å²) in [7, 11) is 0. The van der Waals surface area contributed by atoms with Gasteiger partial charge in [0.25, 0.3) is 0 Å². The minimum Gasteiger partial charge on any atom is -0.459 e. The van der Waals surface area contributed by atoms with Crippen molar-refractivity contribution in [3.8, 4) is 0 Å². The molecule has 0 spiro atoms. The third-order valence-electron chi connectivity index (χ3n) is 4.67. The van der Waals surface area contributed by atoms with Gasteiger partial charge in [0.05, 0.1) is 5.41 Å². The molecule has 0 bridgehead atoms. The molecule has 0 radical (unpaired) electrons. The van der Waals surface area contributed by atoms with Gasteiger partial charge < -0.3 is 15.6 Å². The molecule has 0 aromatic rings. The first-order chi connectivity index (χ1) is 8.90. The second kappa shape index (κ2) is 5.80. The highest BCUT2D eigenvalue weighted by Gasteiger charge is 2.45. The molecule has 1 saturated heterocycles. The summed E-state index contributed by atoms with van der Waals surface area (Å²) in [5.74, 6) is 0.407. The molecule has 3 N–H and O–H groups in total. The van der Waals surface area contributed by atoms with Crippen LogP contribution >= 0.6 is 0 Å². The van der Waals surface area contributed by atoms with Gasteiger partial charge in [-0.3, -0.25) is 4.79 Å². The number of carbonyl (C=O) groups is 1. The average molecular weight is 269 g/mol. The van der Waals surface area contributed by atoms with Crippen LogP contribution in [0.1, 0.15) is 58.8 Å². The minimum atomic E-state index is -0.729. The van der Waals surface area contributed by atoms with Crippen molar-refractivity contribution in [2.45, 2.75) is 77.0 Å². The Bertz CT molecular complexity index is 323.